The third-order valence-corrected chi connectivity index (χ3v) is 6.05. The standard InChI is InChI=1S/C21H25ClN2O2/c22-17-9-7-16(8-10-17)19-14-23-20(26-19)11-12-21(25)24-13-3-5-15-4-1-2-6-18(15)24/h7-10,14-15,18H,1-6,11-13H2/t15-,18+/m1/s1. The van der Waals surface area contributed by atoms with Gasteiger partial charge in [-0.3, -0.25) is 4.79 Å². The minimum Gasteiger partial charge on any atom is -0.441 e. The molecular weight excluding hydrogens is 348 g/mol. The highest BCUT2D eigenvalue weighted by molar-refractivity contribution is 6.30. The van der Waals surface area contributed by atoms with Crippen molar-refractivity contribution in [2.24, 2.45) is 5.92 Å². The van der Waals surface area contributed by atoms with Crippen molar-refractivity contribution in [3.05, 3.63) is 41.4 Å². The van der Waals surface area contributed by atoms with E-state index in [4.69, 9.17) is 16.0 Å². The molecule has 1 aromatic carbocycles. The van der Waals surface area contributed by atoms with Crippen LogP contribution in [0, 0.1) is 5.92 Å². The number of likely N-dealkylation sites (tertiary alicyclic amines) is 1. The van der Waals surface area contributed by atoms with Crippen molar-refractivity contribution in [1.29, 1.82) is 0 Å². The number of aryl methyl sites for hydroxylation is 1. The van der Waals surface area contributed by atoms with Crippen LogP contribution in [0.4, 0.5) is 0 Å². The lowest BCUT2D eigenvalue weighted by Gasteiger charge is -2.44. The molecule has 0 N–H and O–H groups in total. The van der Waals surface area contributed by atoms with Crippen LogP contribution in [0.5, 0.6) is 0 Å². The fourth-order valence-corrected chi connectivity index (χ4v) is 4.59. The van der Waals surface area contributed by atoms with Crippen LogP contribution in [-0.4, -0.2) is 28.4 Å². The molecule has 26 heavy (non-hydrogen) atoms. The van der Waals surface area contributed by atoms with E-state index >= 15 is 0 Å². The third-order valence-electron chi connectivity index (χ3n) is 5.80. The molecule has 2 aromatic rings. The van der Waals surface area contributed by atoms with Gasteiger partial charge in [-0.25, -0.2) is 4.98 Å². The molecule has 1 saturated heterocycles. The highest BCUT2D eigenvalue weighted by atomic mass is 35.5. The summed E-state index contributed by atoms with van der Waals surface area (Å²) in [6.45, 7) is 0.918. The number of nitrogens with zero attached hydrogens (tertiary/aromatic N) is 2. The maximum Gasteiger partial charge on any atom is 0.223 e. The number of fused-ring (bicyclic) bond motifs is 1. The van der Waals surface area contributed by atoms with Crippen LogP contribution in [-0.2, 0) is 11.2 Å². The van der Waals surface area contributed by atoms with E-state index in [1.807, 2.05) is 24.3 Å². The number of carbonyl (C=O) groups is 1. The number of amides is 1. The maximum atomic E-state index is 12.8. The monoisotopic (exact) mass is 372 g/mol. The molecule has 0 bridgehead atoms. The molecule has 4 nitrogen and oxygen atoms in total. The lowest BCUT2D eigenvalue weighted by atomic mass is 9.78. The molecule has 1 aromatic heterocycles. The Hall–Kier alpha value is -1.81. The maximum absolute atomic E-state index is 12.8. The molecular formula is C21H25ClN2O2. The first kappa shape index (κ1) is 17.6. The molecule has 1 aliphatic heterocycles. The molecule has 4 rings (SSSR count). The average Bonchev–Trinajstić information content (AvgIpc) is 3.15. The molecule has 1 amide bonds. The summed E-state index contributed by atoms with van der Waals surface area (Å²) in [6, 6.07) is 7.96. The minimum atomic E-state index is 0.257. The summed E-state index contributed by atoms with van der Waals surface area (Å²) < 4.78 is 5.83. The van der Waals surface area contributed by atoms with Gasteiger partial charge in [0.15, 0.2) is 11.7 Å². The van der Waals surface area contributed by atoms with Gasteiger partial charge in [-0.2, -0.15) is 0 Å². The molecule has 2 aliphatic rings. The van der Waals surface area contributed by atoms with Crippen LogP contribution < -0.4 is 0 Å². The van der Waals surface area contributed by atoms with Crippen molar-refractivity contribution in [1.82, 2.24) is 9.88 Å². The third kappa shape index (κ3) is 3.80. The topological polar surface area (TPSA) is 46.3 Å². The fraction of sp³-hybridized carbons (Fsp3) is 0.524. The van der Waals surface area contributed by atoms with Gasteiger partial charge in [-0.05, 0) is 55.9 Å². The second-order valence-electron chi connectivity index (χ2n) is 7.47. The van der Waals surface area contributed by atoms with E-state index in [-0.39, 0.29) is 5.91 Å². The number of hydrogen-bond donors (Lipinski definition) is 0. The zero-order valence-electron chi connectivity index (χ0n) is 15.0. The van der Waals surface area contributed by atoms with Gasteiger partial charge >= 0.3 is 0 Å². The van der Waals surface area contributed by atoms with Gasteiger partial charge in [0.25, 0.3) is 0 Å². The number of piperidine rings is 1. The molecule has 138 valence electrons. The first-order valence-corrected chi connectivity index (χ1v) is 10.1. The Morgan fingerprint density at radius 3 is 2.77 bits per heavy atom. The van der Waals surface area contributed by atoms with E-state index in [1.165, 1.54) is 32.1 Å². The van der Waals surface area contributed by atoms with Crippen molar-refractivity contribution in [3.8, 4) is 11.3 Å². The van der Waals surface area contributed by atoms with E-state index in [9.17, 15) is 4.79 Å². The number of benzene rings is 1. The Morgan fingerprint density at radius 2 is 1.92 bits per heavy atom. The quantitative estimate of drug-likeness (QED) is 0.749. The van der Waals surface area contributed by atoms with Crippen LogP contribution >= 0.6 is 11.6 Å². The summed E-state index contributed by atoms with van der Waals surface area (Å²) in [5, 5.41) is 0.696. The molecule has 0 unspecified atom stereocenters. The van der Waals surface area contributed by atoms with Crippen LogP contribution in [0.3, 0.4) is 0 Å². The average molecular weight is 373 g/mol. The van der Waals surface area contributed by atoms with Gasteiger partial charge in [-0.15, -0.1) is 0 Å². The Bertz CT molecular complexity index is 754. The Morgan fingerprint density at radius 1 is 1.15 bits per heavy atom. The number of aromatic nitrogens is 1. The second kappa shape index (κ2) is 7.83. The number of rotatable bonds is 4. The number of oxazole rings is 1. The van der Waals surface area contributed by atoms with Gasteiger partial charge in [0.1, 0.15) is 0 Å². The largest absolute Gasteiger partial charge is 0.441 e. The van der Waals surface area contributed by atoms with E-state index in [0.717, 1.165) is 30.2 Å². The summed E-state index contributed by atoms with van der Waals surface area (Å²) in [6.07, 6.45) is 10.2. The van der Waals surface area contributed by atoms with E-state index in [0.29, 0.717) is 29.8 Å². The first-order chi connectivity index (χ1) is 12.7. The van der Waals surface area contributed by atoms with Gasteiger partial charge in [-0.1, -0.05) is 24.4 Å². The fourth-order valence-electron chi connectivity index (χ4n) is 4.47. The zero-order valence-corrected chi connectivity index (χ0v) is 15.8. The second-order valence-corrected chi connectivity index (χ2v) is 7.90. The number of hydrogen-bond acceptors (Lipinski definition) is 3. The predicted molar refractivity (Wildman–Crippen MR) is 102 cm³/mol. The predicted octanol–water partition coefficient (Wildman–Crippen LogP) is 5.11. The minimum absolute atomic E-state index is 0.257. The molecule has 2 fully saturated rings. The van der Waals surface area contributed by atoms with Crippen LogP contribution in [0.2, 0.25) is 5.02 Å². The zero-order chi connectivity index (χ0) is 17.9. The van der Waals surface area contributed by atoms with Crippen molar-refractivity contribution in [2.75, 3.05) is 6.54 Å². The molecule has 2 atom stereocenters. The summed E-state index contributed by atoms with van der Waals surface area (Å²) in [7, 11) is 0. The molecule has 2 heterocycles. The molecule has 0 radical (unpaired) electrons. The van der Waals surface area contributed by atoms with Gasteiger partial charge in [0, 0.05) is 36.0 Å². The smallest absolute Gasteiger partial charge is 0.223 e. The van der Waals surface area contributed by atoms with E-state index in [1.54, 1.807) is 6.20 Å². The van der Waals surface area contributed by atoms with Crippen molar-refractivity contribution >= 4 is 17.5 Å². The molecule has 0 spiro atoms. The van der Waals surface area contributed by atoms with Crippen molar-refractivity contribution < 1.29 is 9.21 Å². The summed E-state index contributed by atoms with van der Waals surface area (Å²) in [5.41, 5.74) is 0.945. The van der Waals surface area contributed by atoms with E-state index in [2.05, 4.69) is 9.88 Å². The molecule has 1 aliphatic carbocycles. The van der Waals surface area contributed by atoms with Gasteiger partial charge in [0.2, 0.25) is 5.91 Å². The summed E-state index contributed by atoms with van der Waals surface area (Å²) in [5.74, 6) is 2.32. The SMILES string of the molecule is O=C(CCc1ncc(-c2ccc(Cl)cc2)o1)N1CCC[C@H]2CCCC[C@@H]21. The normalized spacial score (nSPS) is 22.9. The first-order valence-electron chi connectivity index (χ1n) is 9.71. The van der Waals surface area contributed by atoms with E-state index < -0.39 is 0 Å². The van der Waals surface area contributed by atoms with Crippen LogP contribution in [0.15, 0.2) is 34.9 Å². The lowest BCUT2D eigenvalue weighted by molar-refractivity contribution is -0.137. The highest BCUT2D eigenvalue weighted by Gasteiger charge is 2.35. The molecule has 5 heteroatoms. The van der Waals surface area contributed by atoms with Gasteiger partial charge < -0.3 is 9.32 Å². The Kier molecular flexibility index (Phi) is 5.30. The summed E-state index contributed by atoms with van der Waals surface area (Å²) >= 11 is 5.92. The summed E-state index contributed by atoms with van der Waals surface area (Å²) in [4.78, 5) is 19.3. The number of carbonyl (C=O) groups excluding carboxylic acids is 1. The highest BCUT2D eigenvalue weighted by Crippen LogP contribution is 2.35. The Balaban J connectivity index is 1.36. The van der Waals surface area contributed by atoms with Crippen LogP contribution in [0.1, 0.15) is 50.8 Å². The number of halogens is 1. The van der Waals surface area contributed by atoms with Gasteiger partial charge in [0.05, 0.1) is 6.20 Å². The lowest BCUT2D eigenvalue weighted by Crippen LogP contribution is -2.49. The van der Waals surface area contributed by atoms with Crippen LogP contribution in [0.25, 0.3) is 11.3 Å². The van der Waals surface area contributed by atoms with Crippen molar-refractivity contribution in [2.45, 2.75) is 57.4 Å². The van der Waals surface area contributed by atoms with Crippen molar-refractivity contribution in [3.63, 3.8) is 0 Å². The molecule has 1 saturated carbocycles. The Labute approximate surface area is 159 Å².